The third kappa shape index (κ3) is 5.96. The van der Waals surface area contributed by atoms with Crippen molar-refractivity contribution < 1.29 is 37.0 Å². The van der Waals surface area contributed by atoms with Gasteiger partial charge >= 0.3 is 12.1 Å². The first-order valence-electron chi connectivity index (χ1n) is 7.08. The fraction of sp³-hybridized carbons (Fsp3) is 0.250. The van der Waals surface area contributed by atoms with Crippen molar-refractivity contribution in [1.29, 1.82) is 0 Å². The first-order valence-corrected chi connectivity index (χ1v) is 7.08. The van der Waals surface area contributed by atoms with Crippen molar-refractivity contribution in [2.45, 2.75) is 19.3 Å². The van der Waals surface area contributed by atoms with Crippen LogP contribution in [0.25, 0.3) is 0 Å². The van der Waals surface area contributed by atoms with Gasteiger partial charge in [0.1, 0.15) is 6.61 Å². The molecule has 0 saturated carbocycles. The van der Waals surface area contributed by atoms with Crippen molar-refractivity contribution in [2.24, 2.45) is 0 Å². The van der Waals surface area contributed by atoms with Crippen molar-refractivity contribution in [3.8, 4) is 0 Å². The lowest BCUT2D eigenvalue weighted by Gasteiger charge is -2.09. The quantitative estimate of drug-likeness (QED) is 0.795. The van der Waals surface area contributed by atoms with E-state index >= 15 is 0 Å². The zero-order valence-electron chi connectivity index (χ0n) is 12.8. The summed E-state index contributed by atoms with van der Waals surface area (Å²) in [7, 11) is 0. The van der Waals surface area contributed by atoms with Crippen LogP contribution < -0.4 is 5.32 Å². The summed E-state index contributed by atoms with van der Waals surface area (Å²) in [4.78, 5) is 22.6. The highest BCUT2D eigenvalue weighted by Gasteiger charge is 2.27. The monoisotopic (exact) mass is 357 g/mol. The summed E-state index contributed by atoms with van der Waals surface area (Å²) in [5.74, 6) is -2.40. The number of amides is 1. The number of benzene rings is 1. The van der Waals surface area contributed by atoms with Crippen LogP contribution in [0, 0.1) is 0 Å². The Bertz CT molecular complexity index is 754. The second-order valence-corrected chi connectivity index (χ2v) is 5.08. The molecule has 6 nitrogen and oxygen atoms in total. The van der Waals surface area contributed by atoms with E-state index in [9.17, 15) is 22.8 Å². The van der Waals surface area contributed by atoms with Crippen LogP contribution in [0.1, 0.15) is 32.2 Å². The van der Waals surface area contributed by atoms with Crippen LogP contribution >= 0.6 is 0 Å². The summed E-state index contributed by atoms with van der Waals surface area (Å²) in [5, 5.41) is 11.3. The van der Waals surface area contributed by atoms with Crippen molar-refractivity contribution in [1.82, 2.24) is 5.32 Å². The molecule has 1 heterocycles. The lowest BCUT2D eigenvalue weighted by atomic mass is 10.1. The number of carboxylic acid groups (broad SMARTS) is 1. The minimum atomic E-state index is -4.39. The average Bonchev–Trinajstić information content (AvgIpc) is 3.02. The molecule has 0 saturated heterocycles. The SMILES string of the molecule is O=C(O)c1ccc(C(=O)NCc2cccc(COCC(F)(F)F)c2)o1. The van der Waals surface area contributed by atoms with Gasteiger partial charge < -0.3 is 19.6 Å². The predicted molar refractivity (Wildman–Crippen MR) is 79.0 cm³/mol. The molecule has 2 aromatic rings. The molecule has 2 N–H and O–H groups in total. The molecule has 0 spiro atoms. The molecule has 2 rings (SSSR count). The topological polar surface area (TPSA) is 88.8 Å². The van der Waals surface area contributed by atoms with Gasteiger partial charge in [-0.1, -0.05) is 24.3 Å². The Hall–Kier alpha value is -2.81. The predicted octanol–water partition coefficient (Wildman–Crippen LogP) is 2.99. The van der Waals surface area contributed by atoms with Crippen molar-refractivity contribution in [3.63, 3.8) is 0 Å². The second-order valence-electron chi connectivity index (χ2n) is 5.08. The van der Waals surface area contributed by atoms with E-state index in [4.69, 9.17) is 9.52 Å². The smallest absolute Gasteiger partial charge is 0.411 e. The summed E-state index contributed by atoms with van der Waals surface area (Å²) in [6.45, 7) is -1.45. The van der Waals surface area contributed by atoms with Crippen molar-refractivity contribution in [3.05, 3.63) is 59.0 Å². The number of alkyl halides is 3. The van der Waals surface area contributed by atoms with Crippen LogP contribution in [0.5, 0.6) is 0 Å². The van der Waals surface area contributed by atoms with Gasteiger partial charge in [-0.15, -0.1) is 0 Å². The number of ether oxygens (including phenoxy) is 1. The van der Waals surface area contributed by atoms with Gasteiger partial charge in [0, 0.05) is 6.54 Å². The number of aromatic carboxylic acids is 1. The minimum absolute atomic E-state index is 0.0923. The summed E-state index contributed by atoms with van der Waals surface area (Å²) in [6.07, 6.45) is -4.39. The molecule has 0 aliphatic carbocycles. The Balaban J connectivity index is 1.88. The molecule has 0 aliphatic rings. The molecule has 0 aliphatic heterocycles. The van der Waals surface area contributed by atoms with E-state index in [-0.39, 0.29) is 24.7 Å². The number of hydrogen-bond acceptors (Lipinski definition) is 4. The van der Waals surface area contributed by atoms with Gasteiger partial charge in [-0.25, -0.2) is 4.79 Å². The molecule has 1 aromatic heterocycles. The minimum Gasteiger partial charge on any atom is -0.475 e. The molecule has 0 unspecified atom stereocenters. The lowest BCUT2D eigenvalue weighted by molar-refractivity contribution is -0.176. The molecule has 0 bridgehead atoms. The molecular weight excluding hydrogens is 343 g/mol. The fourth-order valence-electron chi connectivity index (χ4n) is 1.96. The van der Waals surface area contributed by atoms with E-state index in [1.165, 1.54) is 6.07 Å². The van der Waals surface area contributed by atoms with Gasteiger partial charge in [0.15, 0.2) is 5.76 Å². The zero-order valence-corrected chi connectivity index (χ0v) is 12.8. The van der Waals surface area contributed by atoms with Crippen LogP contribution in [0.3, 0.4) is 0 Å². The molecule has 0 atom stereocenters. The average molecular weight is 357 g/mol. The van der Waals surface area contributed by atoms with Crippen LogP contribution in [-0.4, -0.2) is 29.8 Å². The Morgan fingerprint density at radius 3 is 2.44 bits per heavy atom. The molecule has 0 fully saturated rings. The normalized spacial score (nSPS) is 11.3. The van der Waals surface area contributed by atoms with Crippen LogP contribution in [0.15, 0.2) is 40.8 Å². The number of hydrogen-bond donors (Lipinski definition) is 2. The maximum absolute atomic E-state index is 12.0. The van der Waals surface area contributed by atoms with E-state index in [1.54, 1.807) is 24.3 Å². The summed E-state index contributed by atoms with van der Waals surface area (Å²) < 4.78 is 45.6. The molecule has 134 valence electrons. The highest BCUT2D eigenvalue weighted by molar-refractivity contribution is 5.93. The number of carbonyl (C=O) groups is 2. The number of carboxylic acids is 1. The van der Waals surface area contributed by atoms with Gasteiger partial charge in [0.05, 0.1) is 6.61 Å². The van der Waals surface area contributed by atoms with E-state index in [1.807, 2.05) is 0 Å². The van der Waals surface area contributed by atoms with Crippen LogP contribution in [-0.2, 0) is 17.9 Å². The maximum atomic E-state index is 12.0. The Kier molecular flexibility index (Phi) is 5.81. The van der Waals surface area contributed by atoms with E-state index in [2.05, 4.69) is 10.1 Å². The first-order chi connectivity index (χ1) is 11.7. The highest BCUT2D eigenvalue weighted by Crippen LogP contribution is 2.16. The van der Waals surface area contributed by atoms with Crippen LogP contribution in [0.4, 0.5) is 13.2 Å². The molecule has 25 heavy (non-hydrogen) atoms. The van der Waals surface area contributed by atoms with Gasteiger partial charge in [0.2, 0.25) is 5.76 Å². The molecule has 9 heteroatoms. The summed E-state index contributed by atoms with van der Waals surface area (Å²) in [5.41, 5.74) is 1.17. The Morgan fingerprint density at radius 1 is 1.12 bits per heavy atom. The van der Waals surface area contributed by atoms with Gasteiger partial charge in [0.25, 0.3) is 5.91 Å². The van der Waals surface area contributed by atoms with Crippen molar-refractivity contribution in [2.75, 3.05) is 6.61 Å². The number of halogens is 3. The third-order valence-corrected chi connectivity index (χ3v) is 3.02. The van der Waals surface area contributed by atoms with Gasteiger partial charge in [-0.2, -0.15) is 13.2 Å². The summed E-state index contributed by atoms with van der Waals surface area (Å²) >= 11 is 0. The Labute approximate surface area is 140 Å². The van der Waals surface area contributed by atoms with Crippen molar-refractivity contribution >= 4 is 11.9 Å². The summed E-state index contributed by atoms with van der Waals surface area (Å²) in [6, 6.07) is 8.91. The first kappa shape index (κ1) is 18.5. The largest absolute Gasteiger partial charge is 0.475 e. The Morgan fingerprint density at radius 2 is 1.80 bits per heavy atom. The van der Waals surface area contributed by atoms with Gasteiger partial charge in [-0.05, 0) is 23.3 Å². The van der Waals surface area contributed by atoms with E-state index < -0.39 is 24.7 Å². The molecule has 1 amide bonds. The molecule has 0 radical (unpaired) electrons. The molecular formula is C16H14F3NO5. The lowest BCUT2D eigenvalue weighted by Crippen LogP contribution is -2.22. The third-order valence-electron chi connectivity index (χ3n) is 3.02. The maximum Gasteiger partial charge on any atom is 0.411 e. The number of carbonyl (C=O) groups excluding carboxylic acids is 1. The van der Waals surface area contributed by atoms with E-state index in [0.29, 0.717) is 11.1 Å². The number of furan rings is 1. The highest BCUT2D eigenvalue weighted by atomic mass is 19.4. The standard InChI is InChI=1S/C16H14F3NO5/c17-16(18,19)9-24-8-11-3-1-2-10(6-11)7-20-14(21)12-4-5-13(25-12)15(22)23/h1-6H,7-9H2,(H,20,21)(H,22,23). The fourth-order valence-corrected chi connectivity index (χ4v) is 1.96. The van der Waals surface area contributed by atoms with Gasteiger partial charge in [-0.3, -0.25) is 4.79 Å². The number of nitrogens with one attached hydrogen (secondary N) is 1. The number of rotatable bonds is 7. The second kappa shape index (κ2) is 7.84. The van der Waals surface area contributed by atoms with E-state index in [0.717, 1.165) is 6.07 Å². The zero-order chi connectivity index (χ0) is 18.4. The van der Waals surface area contributed by atoms with Crippen LogP contribution in [0.2, 0.25) is 0 Å². The molecule has 1 aromatic carbocycles.